The Morgan fingerprint density at radius 1 is 1.08 bits per heavy atom. The Morgan fingerprint density at radius 3 is 2.62 bits per heavy atom. The number of rotatable bonds is 5. The Kier molecular flexibility index (Phi) is 5.35. The zero-order valence-corrected chi connectivity index (χ0v) is 15.6. The second kappa shape index (κ2) is 7.68. The summed E-state index contributed by atoms with van der Waals surface area (Å²) in [4.78, 5) is 8.27. The number of anilines is 3. The van der Waals surface area contributed by atoms with E-state index in [1.165, 1.54) is 6.33 Å². The molecule has 0 saturated heterocycles. The third kappa shape index (κ3) is 3.92. The fourth-order valence-electron chi connectivity index (χ4n) is 2.26. The standard InChI is InChI=1S/C18H16Cl2N4O2/c1-10-7-12(4-5-13(10)20)26-18-16(21)17(22-9-23-18)24-14-8-11(19)3-6-15(14)25-2/h3-9H,21H2,1-2H3,(H,22,23,24). The number of benzene rings is 2. The first-order valence-corrected chi connectivity index (χ1v) is 8.38. The maximum Gasteiger partial charge on any atom is 0.248 e. The minimum atomic E-state index is 0.227. The van der Waals surface area contributed by atoms with Crippen molar-refractivity contribution in [3.8, 4) is 17.4 Å². The first-order chi connectivity index (χ1) is 12.5. The van der Waals surface area contributed by atoms with Gasteiger partial charge in [0.1, 0.15) is 23.5 Å². The smallest absolute Gasteiger partial charge is 0.248 e. The van der Waals surface area contributed by atoms with Crippen molar-refractivity contribution in [2.45, 2.75) is 6.92 Å². The Morgan fingerprint density at radius 2 is 1.88 bits per heavy atom. The summed E-state index contributed by atoms with van der Waals surface area (Å²) in [7, 11) is 1.56. The molecule has 0 spiro atoms. The lowest BCUT2D eigenvalue weighted by molar-refractivity contribution is 0.417. The molecule has 0 unspecified atom stereocenters. The maximum absolute atomic E-state index is 6.16. The van der Waals surface area contributed by atoms with E-state index in [-0.39, 0.29) is 11.6 Å². The van der Waals surface area contributed by atoms with Crippen LogP contribution < -0.4 is 20.5 Å². The number of nitrogens with two attached hydrogens (primary N) is 1. The number of ether oxygens (including phenoxy) is 2. The molecule has 3 rings (SSSR count). The van der Waals surface area contributed by atoms with Crippen molar-refractivity contribution >= 4 is 40.4 Å². The van der Waals surface area contributed by atoms with Crippen LogP contribution in [0.2, 0.25) is 10.0 Å². The van der Waals surface area contributed by atoms with Crippen LogP contribution in [0.15, 0.2) is 42.7 Å². The number of nitrogens with one attached hydrogen (secondary N) is 1. The molecule has 0 bridgehead atoms. The van der Waals surface area contributed by atoms with Crippen molar-refractivity contribution in [3.05, 3.63) is 58.3 Å². The van der Waals surface area contributed by atoms with Crippen molar-refractivity contribution in [1.82, 2.24) is 9.97 Å². The number of hydrogen-bond acceptors (Lipinski definition) is 6. The summed E-state index contributed by atoms with van der Waals surface area (Å²) in [5.74, 6) is 1.78. The molecule has 134 valence electrons. The highest BCUT2D eigenvalue weighted by Crippen LogP contribution is 2.35. The van der Waals surface area contributed by atoms with Gasteiger partial charge in [-0.3, -0.25) is 0 Å². The molecule has 26 heavy (non-hydrogen) atoms. The quantitative estimate of drug-likeness (QED) is 0.621. The first kappa shape index (κ1) is 18.1. The van der Waals surface area contributed by atoms with E-state index in [4.69, 9.17) is 38.4 Å². The van der Waals surface area contributed by atoms with Crippen molar-refractivity contribution in [1.29, 1.82) is 0 Å². The Hall–Kier alpha value is -2.70. The third-order valence-electron chi connectivity index (χ3n) is 3.61. The summed E-state index contributed by atoms with van der Waals surface area (Å²) in [6, 6.07) is 10.5. The van der Waals surface area contributed by atoms with Gasteiger partial charge in [-0.15, -0.1) is 0 Å². The molecule has 2 aromatic carbocycles. The normalized spacial score (nSPS) is 10.5. The van der Waals surface area contributed by atoms with Gasteiger partial charge in [0.05, 0.1) is 12.8 Å². The Labute approximate surface area is 160 Å². The summed E-state index contributed by atoms with van der Waals surface area (Å²) in [6.45, 7) is 1.89. The zero-order valence-electron chi connectivity index (χ0n) is 14.1. The summed E-state index contributed by atoms with van der Waals surface area (Å²) in [5.41, 5.74) is 7.93. The number of aromatic nitrogens is 2. The van der Waals surface area contributed by atoms with E-state index in [1.54, 1.807) is 43.5 Å². The fraction of sp³-hybridized carbons (Fsp3) is 0.111. The first-order valence-electron chi connectivity index (χ1n) is 7.63. The Bertz CT molecular complexity index is 950. The van der Waals surface area contributed by atoms with Crippen LogP contribution in [-0.2, 0) is 0 Å². The van der Waals surface area contributed by atoms with Crippen molar-refractivity contribution in [2.75, 3.05) is 18.2 Å². The lowest BCUT2D eigenvalue weighted by atomic mass is 10.2. The van der Waals surface area contributed by atoms with Gasteiger partial charge in [0.2, 0.25) is 5.88 Å². The summed E-state index contributed by atoms with van der Waals surface area (Å²) in [5, 5.41) is 4.30. The minimum absolute atomic E-state index is 0.227. The zero-order chi connectivity index (χ0) is 18.7. The van der Waals surface area contributed by atoms with Crippen LogP contribution in [0.3, 0.4) is 0 Å². The van der Waals surface area contributed by atoms with Crippen LogP contribution in [0, 0.1) is 6.92 Å². The molecule has 1 heterocycles. The van der Waals surface area contributed by atoms with E-state index in [0.29, 0.717) is 33.0 Å². The monoisotopic (exact) mass is 390 g/mol. The maximum atomic E-state index is 6.16. The molecule has 0 amide bonds. The molecule has 0 fully saturated rings. The van der Waals surface area contributed by atoms with Crippen LogP contribution >= 0.6 is 23.2 Å². The molecular weight excluding hydrogens is 375 g/mol. The molecule has 0 saturated carbocycles. The third-order valence-corrected chi connectivity index (χ3v) is 4.27. The molecule has 0 aliphatic heterocycles. The highest BCUT2D eigenvalue weighted by molar-refractivity contribution is 6.31. The molecule has 8 heteroatoms. The molecule has 0 radical (unpaired) electrons. The minimum Gasteiger partial charge on any atom is -0.495 e. The van der Waals surface area contributed by atoms with Gasteiger partial charge in [-0.05, 0) is 48.9 Å². The van der Waals surface area contributed by atoms with E-state index in [2.05, 4.69) is 15.3 Å². The molecule has 3 N–H and O–H groups in total. The van der Waals surface area contributed by atoms with Crippen LogP contribution in [-0.4, -0.2) is 17.1 Å². The van der Waals surface area contributed by atoms with Gasteiger partial charge < -0.3 is 20.5 Å². The molecule has 3 aromatic rings. The average Bonchev–Trinajstić information content (AvgIpc) is 2.62. The number of methoxy groups -OCH3 is 1. The summed E-state index contributed by atoms with van der Waals surface area (Å²) < 4.78 is 11.1. The van der Waals surface area contributed by atoms with Gasteiger partial charge in [-0.2, -0.15) is 4.98 Å². The predicted molar refractivity (Wildman–Crippen MR) is 104 cm³/mol. The Balaban J connectivity index is 1.90. The molecular formula is C18H16Cl2N4O2. The molecule has 6 nitrogen and oxygen atoms in total. The molecule has 1 aromatic heterocycles. The summed E-state index contributed by atoms with van der Waals surface area (Å²) >= 11 is 12.1. The van der Waals surface area contributed by atoms with Gasteiger partial charge in [-0.25, -0.2) is 4.98 Å². The van der Waals surface area contributed by atoms with Crippen molar-refractivity contribution in [2.24, 2.45) is 0 Å². The number of nitrogens with zero attached hydrogens (tertiary/aromatic N) is 2. The average molecular weight is 391 g/mol. The van der Waals surface area contributed by atoms with Crippen LogP contribution in [0.5, 0.6) is 17.4 Å². The van der Waals surface area contributed by atoms with Crippen LogP contribution in [0.25, 0.3) is 0 Å². The van der Waals surface area contributed by atoms with E-state index in [9.17, 15) is 0 Å². The van der Waals surface area contributed by atoms with Crippen molar-refractivity contribution in [3.63, 3.8) is 0 Å². The fourth-order valence-corrected chi connectivity index (χ4v) is 2.55. The van der Waals surface area contributed by atoms with Gasteiger partial charge in [0, 0.05) is 10.0 Å². The van der Waals surface area contributed by atoms with Gasteiger partial charge in [0.15, 0.2) is 5.82 Å². The second-order valence-electron chi connectivity index (χ2n) is 5.42. The lowest BCUT2D eigenvalue weighted by Crippen LogP contribution is -2.04. The largest absolute Gasteiger partial charge is 0.495 e. The van der Waals surface area contributed by atoms with E-state index < -0.39 is 0 Å². The lowest BCUT2D eigenvalue weighted by Gasteiger charge is -2.14. The summed E-state index contributed by atoms with van der Waals surface area (Å²) in [6.07, 6.45) is 1.35. The number of hydrogen-bond donors (Lipinski definition) is 2. The second-order valence-corrected chi connectivity index (χ2v) is 6.27. The molecule has 0 aliphatic rings. The molecule has 0 aliphatic carbocycles. The van der Waals surface area contributed by atoms with Gasteiger partial charge in [-0.1, -0.05) is 23.2 Å². The number of aryl methyl sites for hydroxylation is 1. The highest BCUT2D eigenvalue weighted by Gasteiger charge is 2.13. The molecule has 0 atom stereocenters. The van der Waals surface area contributed by atoms with E-state index >= 15 is 0 Å². The van der Waals surface area contributed by atoms with E-state index in [1.807, 2.05) is 6.92 Å². The number of nitrogen functional groups attached to an aromatic ring is 1. The SMILES string of the molecule is COc1ccc(Cl)cc1Nc1ncnc(Oc2ccc(Cl)c(C)c2)c1N. The van der Waals surface area contributed by atoms with Gasteiger partial charge in [0.25, 0.3) is 0 Å². The van der Waals surface area contributed by atoms with Crippen LogP contribution in [0.4, 0.5) is 17.2 Å². The van der Waals surface area contributed by atoms with Crippen molar-refractivity contribution < 1.29 is 9.47 Å². The van der Waals surface area contributed by atoms with E-state index in [0.717, 1.165) is 5.56 Å². The number of halogens is 2. The highest BCUT2D eigenvalue weighted by atomic mass is 35.5. The van der Waals surface area contributed by atoms with Gasteiger partial charge >= 0.3 is 0 Å². The topological polar surface area (TPSA) is 82.3 Å². The van der Waals surface area contributed by atoms with Crippen LogP contribution in [0.1, 0.15) is 5.56 Å². The predicted octanol–water partition coefficient (Wildman–Crippen LogP) is 5.22.